The van der Waals surface area contributed by atoms with E-state index in [4.69, 9.17) is 11.6 Å². The van der Waals surface area contributed by atoms with Crippen molar-refractivity contribution in [3.8, 4) is 0 Å². The SMILES string of the molecule is O=C(I)c1cc(Cl)ncn1. The highest BCUT2D eigenvalue weighted by Crippen LogP contribution is 2.07. The van der Waals surface area contributed by atoms with E-state index in [1.165, 1.54) is 12.4 Å². The van der Waals surface area contributed by atoms with Crippen molar-refractivity contribution >= 4 is 38.0 Å². The van der Waals surface area contributed by atoms with Crippen LogP contribution in [0.2, 0.25) is 5.15 Å². The van der Waals surface area contributed by atoms with Gasteiger partial charge in [-0.1, -0.05) is 11.6 Å². The van der Waals surface area contributed by atoms with Gasteiger partial charge in [-0.25, -0.2) is 9.97 Å². The standard InChI is InChI=1S/C5H2ClIN2O/c6-4-1-3(5(7)10)8-2-9-4/h1-2H. The molecule has 0 aliphatic rings. The zero-order valence-electron chi connectivity index (χ0n) is 4.71. The van der Waals surface area contributed by atoms with Crippen LogP contribution in [-0.2, 0) is 0 Å². The third-order valence-electron chi connectivity index (χ3n) is 0.835. The summed E-state index contributed by atoms with van der Waals surface area (Å²) >= 11 is 7.12. The van der Waals surface area contributed by atoms with Crippen LogP contribution in [0.4, 0.5) is 0 Å². The third-order valence-corrected chi connectivity index (χ3v) is 1.59. The van der Waals surface area contributed by atoms with Gasteiger partial charge in [0.25, 0.3) is 0 Å². The van der Waals surface area contributed by atoms with Gasteiger partial charge in [-0.15, -0.1) is 0 Å². The number of hydrogen-bond acceptors (Lipinski definition) is 3. The molecular formula is C5H2ClIN2O. The smallest absolute Gasteiger partial charge is 0.240 e. The van der Waals surface area contributed by atoms with Crippen molar-refractivity contribution in [3.63, 3.8) is 0 Å². The lowest BCUT2D eigenvalue weighted by Gasteiger charge is -1.90. The van der Waals surface area contributed by atoms with Gasteiger partial charge in [0.05, 0.1) is 0 Å². The predicted molar refractivity (Wildman–Crippen MR) is 45.4 cm³/mol. The molecule has 0 unspecified atom stereocenters. The maximum absolute atomic E-state index is 10.6. The van der Waals surface area contributed by atoms with Crippen molar-refractivity contribution in [2.24, 2.45) is 0 Å². The number of halogens is 2. The Hall–Kier alpha value is -0.230. The Morgan fingerprint density at radius 2 is 2.30 bits per heavy atom. The molecule has 1 aromatic heterocycles. The first-order chi connectivity index (χ1) is 4.70. The first-order valence-corrected chi connectivity index (χ1v) is 3.83. The maximum atomic E-state index is 10.6. The first-order valence-electron chi connectivity index (χ1n) is 2.37. The Bertz CT molecular complexity index is 266. The van der Waals surface area contributed by atoms with Crippen molar-refractivity contribution in [1.82, 2.24) is 9.97 Å². The number of carbonyl (C=O) groups excluding carboxylic acids is 1. The van der Waals surface area contributed by atoms with Crippen molar-refractivity contribution < 1.29 is 4.79 Å². The van der Waals surface area contributed by atoms with Gasteiger partial charge in [-0.3, -0.25) is 4.79 Å². The Morgan fingerprint density at radius 3 is 2.70 bits per heavy atom. The summed E-state index contributed by atoms with van der Waals surface area (Å²) in [6.07, 6.45) is 1.26. The van der Waals surface area contributed by atoms with Crippen LogP contribution in [0.5, 0.6) is 0 Å². The van der Waals surface area contributed by atoms with Gasteiger partial charge in [0.2, 0.25) is 3.79 Å². The minimum atomic E-state index is -0.137. The molecule has 0 aliphatic heterocycles. The zero-order valence-corrected chi connectivity index (χ0v) is 7.63. The van der Waals surface area contributed by atoms with Crippen LogP contribution in [-0.4, -0.2) is 13.8 Å². The fraction of sp³-hybridized carbons (Fsp3) is 0. The van der Waals surface area contributed by atoms with E-state index >= 15 is 0 Å². The summed E-state index contributed by atoms with van der Waals surface area (Å²) in [6, 6.07) is 1.43. The molecule has 0 amide bonds. The molecule has 3 nitrogen and oxygen atoms in total. The van der Waals surface area contributed by atoms with Gasteiger partial charge in [-0.05, 0) is 0 Å². The molecule has 5 heteroatoms. The van der Waals surface area contributed by atoms with Crippen molar-refractivity contribution in [1.29, 1.82) is 0 Å². The van der Waals surface area contributed by atoms with Crippen LogP contribution in [0.15, 0.2) is 12.4 Å². The van der Waals surface area contributed by atoms with E-state index in [1.54, 1.807) is 22.6 Å². The predicted octanol–water partition coefficient (Wildman–Crippen LogP) is 1.71. The molecule has 1 heterocycles. The molecule has 1 rings (SSSR count). The molecule has 0 aromatic carbocycles. The second kappa shape index (κ2) is 3.25. The van der Waals surface area contributed by atoms with Crippen LogP contribution in [0.3, 0.4) is 0 Å². The summed E-state index contributed by atoms with van der Waals surface area (Å²) in [4.78, 5) is 17.9. The Balaban J connectivity index is 3.07. The van der Waals surface area contributed by atoms with E-state index in [9.17, 15) is 4.79 Å². The molecule has 0 aliphatic carbocycles. The molecule has 0 radical (unpaired) electrons. The van der Waals surface area contributed by atoms with Crippen LogP contribution in [0, 0.1) is 0 Å². The van der Waals surface area contributed by atoms with Crippen LogP contribution in [0.25, 0.3) is 0 Å². The van der Waals surface area contributed by atoms with Gasteiger partial charge >= 0.3 is 0 Å². The first kappa shape index (κ1) is 7.87. The number of carbonyl (C=O) groups is 1. The summed E-state index contributed by atoms with van der Waals surface area (Å²) in [5.74, 6) is 0. The van der Waals surface area contributed by atoms with E-state index in [0.29, 0.717) is 5.69 Å². The topological polar surface area (TPSA) is 42.9 Å². The van der Waals surface area contributed by atoms with E-state index in [2.05, 4.69) is 9.97 Å². The highest BCUT2D eigenvalue weighted by Gasteiger charge is 2.01. The van der Waals surface area contributed by atoms with Crippen molar-refractivity contribution in [2.45, 2.75) is 0 Å². The molecule has 1 aromatic rings. The van der Waals surface area contributed by atoms with E-state index in [-0.39, 0.29) is 8.94 Å². The number of rotatable bonds is 1. The van der Waals surface area contributed by atoms with Crippen LogP contribution >= 0.6 is 34.2 Å². The molecule has 10 heavy (non-hydrogen) atoms. The minimum absolute atomic E-state index is 0.137. The van der Waals surface area contributed by atoms with E-state index in [1.807, 2.05) is 0 Å². The molecule has 0 saturated heterocycles. The molecule has 0 bridgehead atoms. The Kier molecular flexibility index (Phi) is 2.56. The summed E-state index contributed by atoms with van der Waals surface area (Å²) < 4.78 is -0.137. The summed E-state index contributed by atoms with van der Waals surface area (Å²) in [5, 5.41) is 0.287. The lowest BCUT2D eigenvalue weighted by Crippen LogP contribution is -1.92. The highest BCUT2D eigenvalue weighted by atomic mass is 127. The summed E-state index contributed by atoms with van der Waals surface area (Å²) in [6.45, 7) is 0. The summed E-state index contributed by atoms with van der Waals surface area (Å²) in [7, 11) is 0. The lowest BCUT2D eigenvalue weighted by atomic mass is 10.4. The van der Waals surface area contributed by atoms with Crippen molar-refractivity contribution in [3.05, 3.63) is 23.2 Å². The molecular weight excluding hydrogens is 266 g/mol. The van der Waals surface area contributed by atoms with Gasteiger partial charge < -0.3 is 0 Å². The van der Waals surface area contributed by atoms with Crippen molar-refractivity contribution in [2.75, 3.05) is 0 Å². The largest absolute Gasteiger partial charge is 0.280 e. The quantitative estimate of drug-likeness (QED) is 0.442. The van der Waals surface area contributed by atoms with Gasteiger partial charge in [0.1, 0.15) is 17.2 Å². The zero-order chi connectivity index (χ0) is 7.56. The lowest BCUT2D eigenvalue weighted by molar-refractivity contribution is 0.110. The Morgan fingerprint density at radius 1 is 1.60 bits per heavy atom. The van der Waals surface area contributed by atoms with Crippen LogP contribution < -0.4 is 0 Å². The van der Waals surface area contributed by atoms with Gasteiger partial charge in [-0.2, -0.15) is 0 Å². The summed E-state index contributed by atoms with van der Waals surface area (Å²) in [5.41, 5.74) is 0.334. The number of hydrogen-bond donors (Lipinski definition) is 0. The molecule has 0 N–H and O–H groups in total. The maximum Gasteiger partial charge on any atom is 0.240 e. The number of nitrogens with zero attached hydrogens (tertiary/aromatic N) is 2. The van der Waals surface area contributed by atoms with Gasteiger partial charge in [0, 0.05) is 28.7 Å². The molecule has 52 valence electrons. The van der Waals surface area contributed by atoms with Crippen LogP contribution in [0.1, 0.15) is 10.5 Å². The monoisotopic (exact) mass is 268 g/mol. The molecule has 0 spiro atoms. The molecule has 0 saturated carbocycles. The Labute approximate surface area is 76.0 Å². The minimum Gasteiger partial charge on any atom is -0.280 e. The second-order valence-corrected chi connectivity index (χ2v) is 2.87. The molecule has 0 fully saturated rings. The fourth-order valence-corrected chi connectivity index (χ4v) is 0.883. The van der Waals surface area contributed by atoms with Gasteiger partial charge in [0.15, 0.2) is 0 Å². The number of aromatic nitrogens is 2. The highest BCUT2D eigenvalue weighted by molar-refractivity contribution is 14.1. The molecule has 0 atom stereocenters. The average Bonchev–Trinajstić information content (AvgIpc) is 1.88. The second-order valence-electron chi connectivity index (χ2n) is 1.50. The van der Waals surface area contributed by atoms with E-state index < -0.39 is 0 Å². The fourth-order valence-electron chi connectivity index (χ4n) is 0.441. The third kappa shape index (κ3) is 1.88. The van der Waals surface area contributed by atoms with E-state index in [0.717, 1.165) is 0 Å². The normalized spacial score (nSPS) is 9.40. The average molecular weight is 268 g/mol.